The Morgan fingerprint density at radius 1 is 1.23 bits per heavy atom. The van der Waals surface area contributed by atoms with Gasteiger partial charge in [-0.25, -0.2) is 14.4 Å². The Hall–Kier alpha value is -2.81. The molecule has 1 aliphatic rings. The molecule has 2 N–H and O–H groups in total. The molecule has 2 aromatic rings. The van der Waals surface area contributed by atoms with Crippen LogP contribution in [0.5, 0.6) is 0 Å². The number of hydrogen-bond donors (Lipinski definition) is 2. The van der Waals surface area contributed by atoms with E-state index in [4.69, 9.17) is 0 Å². The average Bonchev–Trinajstić information content (AvgIpc) is 2.51. The Labute approximate surface area is 146 Å². The number of hydrogen-bond acceptors (Lipinski definition) is 4. The van der Waals surface area contributed by atoms with Crippen molar-refractivity contribution in [2.45, 2.75) is 13.1 Å². The Morgan fingerprint density at radius 2 is 1.96 bits per heavy atom. The first-order chi connectivity index (χ1) is 12.2. The maximum atomic E-state index is 14.1. The lowest BCUT2D eigenvalue weighted by Crippen LogP contribution is -2.33. The first kappa shape index (κ1) is 18.0. The number of rotatable bonds is 3. The highest BCUT2D eigenvalue weighted by molar-refractivity contribution is 6.03. The van der Waals surface area contributed by atoms with Crippen LogP contribution in [0.1, 0.15) is 27.6 Å². The second-order valence-corrected chi connectivity index (χ2v) is 5.81. The summed E-state index contributed by atoms with van der Waals surface area (Å²) in [6.45, 7) is 2.73. The van der Waals surface area contributed by atoms with Crippen LogP contribution in [0.2, 0.25) is 0 Å². The van der Waals surface area contributed by atoms with Crippen LogP contribution < -0.4 is 10.6 Å². The first-order valence-corrected chi connectivity index (χ1v) is 7.66. The second-order valence-electron chi connectivity index (χ2n) is 5.81. The Morgan fingerprint density at radius 3 is 2.54 bits per heavy atom. The Bertz CT molecular complexity index is 887. The fourth-order valence-electron chi connectivity index (χ4n) is 2.32. The third-order valence-corrected chi connectivity index (χ3v) is 3.66. The SMILES string of the molecule is Cc1cc(C(=O)Nc2ccc(C=C3CNC3)c(F)c2)nc(C(F)(F)F)n1. The van der Waals surface area contributed by atoms with E-state index in [2.05, 4.69) is 20.6 Å². The number of nitrogens with zero attached hydrogens (tertiary/aromatic N) is 2. The van der Waals surface area contributed by atoms with E-state index in [-0.39, 0.29) is 11.4 Å². The van der Waals surface area contributed by atoms with Crippen molar-refractivity contribution in [2.75, 3.05) is 18.4 Å². The zero-order valence-electron chi connectivity index (χ0n) is 13.6. The molecule has 1 aromatic heterocycles. The zero-order chi connectivity index (χ0) is 18.9. The molecule has 0 unspecified atom stereocenters. The number of aryl methyl sites for hydroxylation is 1. The molecule has 0 saturated carbocycles. The summed E-state index contributed by atoms with van der Waals surface area (Å²) in [6, 6.07) is 5.19. The Balaban J connectivity index is 1.80. The van der Waals surface area contributed by atoms with Gasteiger partial charge in [0.05, 0.1) is 0 Å². The van der Waals surface area contributed by atoms with Crippen LogP contribution in [-0.2, 0) is 6.18 Å². The molecule has 0 radical (unpaired) electrons. The quantitative estimate of drug-likeness (QED) is 0.819. The van der Waals surface area contributed by atoms with Gasteiger partial charge in [0.1, 0.15) is 11.5 Å². The van der Waals surface area contributed by atoms with Crippen molar-refractivity contribution in [3.8, 4) is 0 Å². The maximum absolute atomic E-state index is 14.1. The van der Waals surface area contributed by atoms with Crippen LogP contribution >= 0.6 is 0 Å². The molecule has 0 spiro atoms. The molecule has 3 rings (SSSR count). The molecule has 9 heteroatoms. The van der Waals surface area contributed by atoms with Gasteiger partial charge >= 0.3 is 6.18 Å². The van der Waals surface area contributed by atoms with E-state index < -0.39 is 29.4 Å². The van der Waals surface area contributed by atoms with E-state index >= 15 is 0 Å². The van der Waals surface area contributed by atoms with Gasteiger partial charge in [-0.15, -0.1) is 0 Å². The number of aromatic nitrogens is 2. The summed E-state index contributed by atoms with van der Waals surface area (Å²) >= 11 is 0. The Kier molecular flexibility index (Phi) is 4.73. The van der Waals surface area contributed by atoms with Crippen LogP contribution in [0.15, 0.2) is 29.8 Å². The third-order valence-electron chi connectivity index (χ3n) is 3.66. The standard InChI is InChI=1S/C17H14F4N4O/c1-9-4-14(25-16(23-9)17(19,20)21)15(26)24-12-3-2-11(13(18)6-12)5-10-7-22-8-10/h2-6,22H,7-8H2,1H3,(H,24,26). The topological polar surface area (TPSA) is 66.9 Å². The third kappa shape index (κ3) is 4.05. The fraction of sp³-hybridized carbons (Fsp3) is 0.235. The fourth-order valence-corrected chi connectivity index (χ4v) is 2.32. The molecule has 5 nitrogen and oxygen atoms in total. The van der Waals surface area contributed by atoms with E-state index in [9.17, 15) is 22.4 Å². The predicted octanol–water partition coefficient (Wildman–Crippen LogP) is 3.18. The van der Waals surface area contributed by atoms with Gasteiger partial charge in [-0.05, 0) is 36.8 Å². The molecule has 26 heavy (non-hydrogen) atoms. The van der Waals surface area contributed by atoms with Crippen LogP contribution in [-0.4, -0.2) is 29.0 Å². The lowest BCUT2D eigenvalue weighted by atomic mass is 10.1. The van der Waals surface area contributed by atoms with Gasteiger partial charge in [-0.3, -0.25) is 4.79 Å². The summed E-state index contributed by atoms with van der Waals surface area (Å²) in [4.78, 5) is 18.7. The van der Waals surface area contributed by atoms with Crippen LogP contribution in [0, 0.1) is 12.7 Å². The maximum Gasteiger partial charge on any atom is 0.451 e. The molecule has 2 heterocycles. The summed E-state index contributed by atoms with van der Waals surface area (Å²) in [5, 5.41) is 5.38. The number of carbonyl (C=O) groups excluding carboxylic acids is 1. The molecule has 1 aromatic carbocycles. The number of amides is 1. The highest BCUT2D eigenvalue weighted by Gasteiger charge is 2.35. The van der Waals surface area contributed by atoms with E-state index in [1.54, 1.807) is 6.08 Å². The molecular weight excluding hydrogens is 352 g/mol. The van der Waals surface area contributed by atoms with Crippen molar-refractivity contribution in [2.24, 2.45) is 0 Å². The number of nitrogens with one attached hydrogen (secondary N) is 2. The second kappa shape index (κ2) is 6.83. The largest absolute Gasteiger partial charge is 0.451 e. The normalized spacial score (nSPS) is 14.0. The van der Waals surface area contributed by atoms with Gasteiger partial charge in [0.25, 0.3) is 5.91 Å². The van der Waals surface area contributed by atoms with Gasteiger partial charge in [-0.2, -0.15) is 13.2 Å². The number of halogens is 4. The molecule has 0 aliphatic carbocycles. The van der Waals surface area contributed by atoms with E-state index in [0.29, 0.717) is 18.7 Å². The molecule has 136 valence electrons. The minimum atomic E-state index is -4.77. The number of alkyl halides is 3. The highest BCUT2D eigenvalue weighted by atomic mass is 19.4. The number of anilines is 1. The molecule has 0 bridgehead atoms. The van der Waals surface area contributed by atoms with Crippen LogP contribution in [0.4, 0.5) is 23.2 Å². The van der Waals surface area contributed by atoms with Gasteiger partial charge in [0, 0.05) is 30.0 Å². The van der Waals surface area contributed by atoms with E-state index in [0.717, 1.165) is 17.7 Å². The molecule has 1 saturated heterocycles. The van der Waals surface area contributed by atoms with Crippen molar-refractivity contribution in [1.29, 1.82) is 0 Å². The number of carbonyl (C=O) groups is 1. The summed E-state index contributed by atoms with van der Waals surface area (Å²) in [6.07, 6.45) is -3.06. The summed E-state index contributed by atoms with van der Waals surface area (Å²) in [5.41, 5.74) is 1.09. The van der Waals surface area contributed by atoms with E-state index in [1.807, 2.05) is 0 Å². The first-order valence-electron chi connectivity index (χ1n) is 7.66. The molecular formula is C17H14F4N4O. The summed E-state index contributed by atoms with van der Waals surface area (Å²) < 4.78 is 52.4. The van der Waals surface area contributed by atoms with E-state index in [1.165, 1.54) is 19.1 Å². The van der Waals surface area contributed by atoms with Gasteiger partial charge in [-0.1, -0.05) is 6.08 Å². The van der Waals surface area contributed by atoms with Crippen molar-refractivity contribution < 1.29 is 22.4 Å². The van der Waals surface area contributed by atoms with Crippen molar-refractivity contribution in [3.63, 3.8) is 0 Å². The van der Waals surface area contributed by atoms with Crippen molar-refractivity contribution >= 4 is 17.7 Å². The van der Waals surface area contributed by atoms with Gasteiger partial charge in [0.2, 0.25) is 5.82 Å². The minimum absolute atomic E-state index is 0.000244. The van der Waals surface area contributed by atoms with Crippen molar-refractivity contribution in [3.05, 3.63) is 58.4 Å². The highest BCUT2D eigenvalue weighted by Crippen LogP contribution is 2.26. The summed E-state index contributed by atoms with van der Waals surface area (Å²) in [5.74, 6) is -2.82. The monoisotopic (exact) mass is 366 g/mol. The lowest BCUT2D eigenvalue weighted by molar-refractivity contribution is -0.145. The molecule has 0 atom stereocenters. The van der Waals surface area contributed by atoms with Crippen molar-refractivity contribution in [1.82, 2.24) is 15.3 Å². The van der Waals surface area contributed by atoms with Crippen LogP contribution in [0.3, 0.4) is 0 Å². The zero-order valence-corrected chi connectivity index (χ0v) is 13.6. The predicted molar refractivity (Wildman–Crippen MR) is 87.0 cm³/mol. The molecule has 1 aliphatic heterocycles. The van der Waals surface area contributed by atoms with Crippen LogP contribution in [0.25, 0.3) is 6.08 Å². The number of benzene rings is 1. The average molecular weight is 366 g/mol. The summed E-state index contributed by atoms with van der Waals surface area (Å²) in [7, 11) is 0. The molecule has 1 amide bonds. The smallest absolute Gasteiger partial charge is 0.321 e. The minimum Gasteiger partial charge on any atom is -0.321 e. The lowest BCUT2D eigenvalue weighted by Gasteiger charge is -2.18. The van der Waals surface area contributed by atoms with Gasteiger partial charge < -0.3 is 10.6 Å². The molecule has 1 fully saturated rings. The van der Waals surface area contributed by atoms with Gasteiger partial charge in [0.15, 0.2) is 0 Å².